The summed E-state index contributed by atoms with van der Waals surface area (Å²) in [6, 6.07) is -0.489. The molecule has 1 spiro atoms. The summed E-state index contributed by atoms with van der Waals surface area (Å²) in [6.07, 6.45) is 2.65. The van der Waals surface area contributed by atoms with Crippen LogP contribution in [0.15, 0.2) is 0 Å². The number of esters is 1. The SMILES string of the molecule is COC(=O)[C@@H]1CCC2(C)OC3(CCNCC3)C(=O)N12. The molecular formula is C13H20N2O4. The van der Waals surface area contributed by atoms with Gasteiger partial charge in [0.2, 0.25) is 0 Å². The van der Waals surface area contributed by atoms with E-state index in [1.165, 1.54) is 7.11 Å². The first-order chi connectivity index (χ1) is 9.02. The predicted molar refractivity (Wildman–Crippen MR) is 66.2 cm³/mol. The van der Waals surface area contributed by atoms with Crippen LogP contribution in [0.5, 0.6) is 0 Å². The Kier molecular flexibility index (Phi) is 2.83. The average Bonchev–Trinajstić information content (AvgIpc) is 2.83. The van der Waals surface area contributed by atoms with Crippen molar-refractivity contribution in [2.75, 3.05) is 20.2 Å². The third kappa shape index (κ3) is 1.70. The van der Waals surface area contributed by atoms with Crippen molar-refractivity contribution < 1.29 is 19.1 Å². The standard InChI is InChI=1S/C13H20N2O4/c1-12-4-3-9(10(16)18-2)15(12)11(17)13(19-12)5-7-14-8-6-13/h9,14H,3-8H2,1-2H3/t9-,12?/m0/s1. The Balaban J connectivity index is 1.91. The van der Waals surface area contributed by atoms with Gasteiger partial charge in [-0.2, -0.15) is 0 Å². The van der Waals surface area contributed by atoms with E-state index in [1.807, 2.05) is 6.92 Å². The van der Waals surface area contributed by atoms with Crippen molar-refractivity contribution in [3.8, 4) is 0 Å². The number of carbonyl (C=O) groups excluding carboxylic acids is 2. The lowest BCUT2D eigenvalue weighted by molar-refractivity contribution is -0.153. The fraction of sp³-hybridized carbons (Fsp3) is 0.846. The first-order valence-electron chi connectivity index (χ1n) is 6.85. The number of rotatable bonds is 1. The second-order valence-corrected chi connectivity index (χ2v) is 5.77. The van der Waals surface area contributed by atoms with Crippen LogP contribution in [0.1, 0.15) is 32.6 Å². The molecule has 0 bridgehead atoms. The Morgan fingerprint density at radius 1 is 1.42 bits per heavy atom. The molecule has 0 aliphatic carbocycles. The number of hydrogen-bond acceptors (Lipinski definition) is 5. The van der Waals surface area contributed by atoms with Gasteiger partial charge in [0.05, 0.1) is 7.11 Å². The van der Waals surface area contributed by atoms with Gasteiger partial charge in [-0.1, -0.05) is 0 Å². The van der Waals surface area contributed by atoms with Crippen LogP contribution in [-0.2, 0) is 19.1 Å². The Morgan fingerprint density at radius 3 is 2.74 bits per heavy atom. The quantitative estimate of drug-likeness (QED) is 0.679. The molecule has 3 heterocycles. The minimum atomic E-state index is -0.729. The molecule has 6 heteroatoms. The van der Waals surface area contributed by atoms with Crippen LogP contribution in [0, 0.1) is 0 Å². The minimum absolute atomic E-state index is 0.0376. The summed E-state index contributed by atoms with van der Waals surface area (Å²) in [4.78, 5) is 26.2. The maximum Gasteiger partial charge on any atom is 0.328 e. The van der Waals surface area contributed by atoms with Gasteiger partial charge in [0.25, 0.3) is 5.91 Å². The summed E-state index contributed by atoms with van der Waals surface area (Å²) < 4.78 is 11.0. The lowest BCUT2D eigenvalue weighted by Crippen LogP contribution is -2.51. The first kappa shape index (κ1) is 12.9. The minimum Gasteiger partial charge on any atom is -0.467 e. The Labute approximate surface area is 112 Å². The van der Waals surface area contributed by atoms with Gasteiger partial charge in [0, 0.05) is 0 Å². The van der Waals surface area contributed by atoms with E-state index in [1.54, 1.807) is 4.90 Å². The monoisotopic (exact) mass is 268 g/mol. The smallest absolute Gasteiger partial charge is 0.328 e. The largest absolute Gasteiger partial charge is 0.467 e. The highest BCUT2D eigenvalue weighted by atomic mass is 16.6. The van der Waals surface area contributed by atoms with Crippen LogP contribution in [0.25, 0.3) is 0 Å². The lowest BCUT2D eigenvalue weighted by atomic mass is 9.91. The van der Waals surface area contributed by atoms with E-state index in [9.17, 15) is 9.59 Å². The van der Waals surface area contributed by atoms with Crippen LogP contribution >= 0.6 is 0 Å². The third-order valence-electron chi connectivity index (χ3n) is 4.61. The van der Waals surface area contributed by atoms with Crippen molar-refractivity contribution in [1.29, 1.82) is 0 Å². The van der Waals surface area contributed by atoms with Gasteiger partial charge in [-0.15, -0.1) is 0 Å². The van der Waals surface area contributed by atoms with E-state index in [0.29, 0.717) is 25.7 Å². The van der Waals surface area contributed by atoms with Gasteiger partial charge >= 0.3 is 5.97 Å². The van der Waals surface area contributed by atoms with Crippen molar-refractivity contribution in [2.45, 2.75) is 50.0 Å². The van der Waals surface area contributed by atoms with Gasteiger partial charge < -0.3 is 14.8 Å². The fourth-order valence-electron chi connectivity index (χ4n) is 3.63. The number of carbonyl (C=O) groups is 2. The highest BCUT2D eigenvalue weighted by molar-refractivity contribution is 5.92. The number of nitrogens with one attached hydrogen (secondary N) is 1. The molecule has 0 radical (unpaired) electrons. The predicted octanol–water partition coefficient (Wildman–Crippen LogP) is 0.0190. The van der Waals surface area contributed by atoms with Crippen molar-refractivity contribution >= 4 is 11.9 Å². The zero-order valence-corrected chi connectivity index (χ0v) is 11.4. The highest BCUT2D eigenvalue weighted by Gasteiger charge is 2.64. The zero-order valence-electron chi connectivity index (χ0n) is 11.4. The maximum absolute atomic E-state index is 12.8. The van der Waals surface area contributed by atoms with Crippen LogP contribution in [0.4, 0.5) is 0 Å². The van der Waals surface area contributed by atoms with E-state index < -0.39 is 17.4 Å². The van der Waals surface area contributed by atoms with E-state index in [-0.39, 0.29) is 11.9 Å². The number of nitrogens with zero attached hydrogens (tertiary/aromatic N) is 1. The number of ether oxygens (including phenoxy) is 2. The van der Waals surface area contributed by atoms with Crippen LogP contribution in [0.2, 0.25) is 0 Å². The van der Waals surface area contributed by atoms with Crippen molar-refractivity contribution in [3.63, 3.8) is 0 Å². The molecule has 2 atom stereocenters. The number of hydrogen-bond donors (Lipinski definition) is 1. The molecule has 3 rings (SSSR count). The number of piperidine rings is 1. The fourth-order valence-corrected chi connectivity index (χ4v) is 3.63. The van der Waals surface area contributed by atoms with Gasteiger partial charge in [0.1, 0.15) is 11.8 Å². The molecule has 0 aromatic rings. The summed E-state index contributed by atoms with van der Waals surface area (Å²) in [6.45, 7) is 3.46. The maximum atomic E-state index is 12.8. The molecule has 1 unspecified atom stereocenters. The summed E-state index contributed by atoms with van der Waals surface area (Å²) in [7, 11) is 1.36. The molecule has 0 saturated carbocycles. The van der Waals surface area contributed by atoms with Crippen molar-refractivity contribution in [2.24, 2.45) is 0 Å². The van der Waals surface area contributed by atoms with Gasteiger partial charge in [-0.3, -0.25) is 9.69 Å². The van der Waals surface area contributed by atoms with Crippen LogP contribution in [-0.4, -0.2) is 54.3 Å². The second-order valence-electron chi connectivity index (χ2n) is 5.77. The van der Waals surface area contributed by atoms with Crippen LogP contribution in [0.3, 0.4) is 0 Å². The molecule has 1 N–H and O–H groups in total. The molecule has 19 heavy (non-hydrogen) atoms. The lowest BCUT2D eigenvalue weighted by Gasteiger charge is -2.32. The Bertz CT molecular complexity index is 419. The topological polar surface area (TPSA) is 67.9 Å². The third-order valence-corrected chi connectivity index (χ3v) is 4.61. The second kappa shape index (κ2) is 4.18. The Hall–Kier alpha value is -1.14. The molecule has 106 valence electrons. The van der Waals surface area contributed by atoms with E-state index in [2.05, 4.69) is 5.32 Å². The zero-order chi connectivity index (χ0) is 13.7. The molecule has 3 saturated heterocycles. The average molecular weight is 268 g/mol. The number of fused-ring (bicyclic) bond motifs is 1. The first-order valence-corrected chi connectivity index (χ1v) is 6.85. The summed E-state index contributed by atoms with van der Waals surface area (Å²) in [5.74, 6) is -0.379. The number of amides is 1. The molecule has 6 nitrogen and oxygen atoms in total. The van der Waals surface area contributed by atoms with Gasteiger partial charge in [-0.25, -0.2) is 4.79 Å². The van der Waals surface area contributed by atoms with Crippen molar-refractivity contribution in [1.82, 2.24) is 10.2 Å². The molecule has 3 fully saturated rings. The normalized spacial score (nSPS) is 36.6. The summed E-state index contributed by atoms with van der Waals surface area (Å²) in [5.41, 5.74) is -1.38. The van der Waals surface area contributed by atoms with E-state index in [4.69, 9.17) is 9.47 Å². The molecule has 3 aliphatic heterocycles. The van der Waals surface area contributed by atoms with Crippen LogP contribution < -0.4 is 5.32 Å². The summed E-state index contributed by atoms with van der Waals surface area (Å²) >= 11 is 0. The highest BCUT2D eigenvalue weighted by Crippen LogP contribution is 2.48. The van der Waals surface area contributed by atoms with Gasteiger partial charge in [-0.05, 0) is 45.7 Å². The molecule has 0 aromatic heterocycles. The van der Waals surface area contributed by atoms with E-state index >= 15 is 0 Å². The van der Waals surface area contributed by atoms with Crippen molar-refractivity contribution in [3.05, 3.63) is 0 Å². The van der Waals surface area contributed by atoms with E-state index in [0.717, 1.165) is 13.1 Å². The number of methoxy groups -OCH3 is 1. The molecule has 3 aliphatic rings. The Morgan fingerprint density at radius 2 is 2.11 bits per heavy atom. The molecule has 0 aromatic carbocycles. The summed E-state index contributed by atoms with van der Waals surface area (Å²) in [5, 5.41) is 3.24. The molecular weight excluding hydrogens is 248 g/mol. The van der Waals surface area contributed by atoms with Gasteiger partial charge in [0.15, 0.2) is 5.60 Å². The molecule has 1 amide bonds.